The molecular weight excluding hydrogens is 375 g/mol. The Morgan fingerprint density at radius 2 is 2.00 bits per heavy atom. The summed E-state index contributed by atoms with van der Waals surface area (Å²) in [7, 11) is 0. The van der Waals surface area contributed by atoms with Gasteiger partial charge in [-0.15, -0.1) is 5.10 Å². The highest BCUT2D eigenvalue weighted by molar-refractivity contribution is 5.63. The number of benzene rings is 1. The van der Waals surface area contributed by atoms with Crippen molar-refractivity contribution in [1.29, 1.82) is 0 Å². The molecule has 0 saturated heterocycles. The van der Waals surface area contributed by atoms with Crippen LogP contribution >= 0.6 is 0 Å². The summed E-state index contributed by atoms with van der Waals surface area (Å²) in [6.07, 6.45) is -4.88. The molecule has 3 heterocycles. The van der Waals surface area contributed by atoms with Crippen LogP contribution in [-0.2, 0) is 18.8 Å². The zero-order valence-electron chi connectivity index (χ0n) is 15.2. The first kappa shape index (κ1) is 18.5. The van der Waals surface area contributed by atoms with Gasteiger partial charge >= 0.3 is 6.18 Å². The third-order valence-electron chi connectivity index (χ3n) is 4.90. The highest BCUT2D eigenvalue weighted by Gasteiger charge is 2.55. The lowest BCUT2D eigenvalue weighted by molar-refractivity contribution is -0.261. The van der Waals surface area contributed by atoms with Gasteiger partial charge in [0, 0.05) is 24.1 Å². The first-order valence-electron chi connectivity index (χ1n) is 8.72. The van der Waals surface area contributed by atoms with Crippen molar-refractivity contribution in [2.24, 2.45) is 0 Å². The second-order valence-electron chi connectivity index (χ2n) is 7.07. The number of alkyl halides is 3. The van der Waals surface area contributed by atoms with Gasteiger partial charge in [0.1, 0.15) is 18.0 Å². The summed E-state index contributed by atoms with van der Waals surface area (Å²) in [5.41, 5.74) is -1.95. The van der Waals surface area contributed by atoms with E-state index in [4.69, 9.17) is 9.26 Å². The van der Waals surface area contributed by atoms with Crippen LogP contribution in [0.3, 0.4) is 0 Å². The van der Waals surface area contributed by atoms with E-state index in [0.29, 0.717) is 31.6 Å². The number of ether oxygens (including phenoxy) is 1. The van der Waals surface area contributed by atoms with Crippen LogP contribution in [0.4, 0.5) is 13.2 Å². The number of fused-ring (bicyclic) bond motifs is 3. The number of nitrogens with zero attached hydrogens (tertiary/aromatic N) is 3. The fourth-order valence-corrected chi connectivity index (χ4v) is 3.29. The fourth-order valence-electron chi connectivity index (χ4n) is 3.29. The molecule has 2 atom stereocenters. The predicted octanol–water partition coefficient (Wildman–Crippen LogP) is 4.00. The lowest BCUT2D eigenvalue weighted by atomic mass is 9.88. The highest BCUT2D eigenvalue weighted by atomic mass is 19.4. The van der Waals surface area contributed by atoms with E-state index in [1.807, 2.05) is 30.3 Å². The minimum atomic E-state index is -4.88. The molecule has 0 amide bonds. The zero-order valence-corrected chi connectivity index (χ0v) is 15.2. The van der Waals surface area contributed by atoms with Gasteiger partial charge in [-0.3, -0.25) is 4.68 Å². The van der Waals surface area contributed by atoms with Crippen LogP contribution in [-0.4, -0.2) is 26.2 Å². The Balaban J connectivity index is 1.67. The van der Waals surface area contributed by atoms with Gasteiger partial charge < -0.3 is 14.4 Å². The number of hydrogen-bond donors (Lipinski definition) is 1. The number of hydrogen-bond acceptors (Lipinski definition) is 5. The molecule has 1 N–H and O–H groups in total. The van der Waals surface area contributed by atoms with Gasteiger partial charge in [0.2, 0.25) is 11.5 Å². The van der Waals surface area contributed by atoms with Gasteiger partial charge in [0.15, 0.2) is 5.76 Å². The average Bonchev–Trinajstić information content (AvgIpc) is 3.24. The lowest BCUT2D eigenvalue weighted by Gasteiger charge is -2.27. The molecule has 0 saturated carbocycles. The van der Waals surface area contributed by atoms with Gasteiger partial charge in [0.05, 0.1) is 0 Å². The monoisotopic (exact) mass is 393 g/mol. The molecule has 9 heteroatoms. The number of rotatable bonds is 4. The van der Waals surface area contributed by atoms with E-state index < -0.39 is 17.5 Å². The highest BCUT2D eigenvalue weighted by Crippen LogP contribution is 2.46. The molecule has 4 rings (SSSR count). The molecule has 3 aromatic rings. The molecule has 6 nitrogen and oxygen atoms in total. The van der Waals surface area contributed by atoms with Gasteiger partial charge in [-0.2, -0.15) is 13.2 Å². The van der Waals surface area contributed by atoms with Crippen molar-refractivity contribution >= 4 is 0 Å². The molecule has 0 bridgehead atoms. The summed E-state index contributed by atoms with van der Waals surface area (Å²) in [4.78, 5) is 0. The molecule has 0 aliphatic carbocycles. The zero-order chi connectivity index (χ0) is 20.1. The maximum absolute atomic E-state index is 13.3. The van der Waals surface area contributed by atoms with Crippen LogP contribution in [0.2, 0.25) is 0 Å². The normalized spacial score (nSPS) is 18.3. The lowest BCUT2D eigenvalue weighted by Crippen LogP contribution is -2.40. The van der Waals surface area contributed by atoms with E-state index in [2.05, 4.69) is 10.3 Å². The summed E-state index contributed by atoms with van der Waals surface area (Å²) in [5.74, 6) is 0.124. The van der Waals surface area contributed by atoms with Crippen LogP contribution in [0.15, 0.2) is 40.9 Å². The molecule has 148 valence electrons. The van der Waals surface area contributed by atoms with Crippen LogP contribution in [0.25, 0.3) is 11.5 Å². The number of halogens is 3. The molecule has 1 aromatic carbocycles. The van der Waals surface area contributed by atoms with Gasteiger partial charge in [-0.05, 0) is 12.5 Å². The molecule has 0 radical (unpaired) electrons. The number of aromatic nitrogens is 3. The first-order valence-corrected chi connectivity index (χ1v) is 8.72. The van der Waals surface area contributed by atoms with E-state index in [9.17, 15) is 18.3 Å². The smallest absolute Gasteiger partial charge is 0.422 e. The fraction of sp³-hybridized carbons (Fsp3) is 0.368. The third-order valence-corrected chi connectivity index (χ3v) is 4.90. The maximum atomic E-state index is 13.3. The van der Waals surface area contributed by atoms with E-state index in [1.165, 1.54) is 0 Å². The van der Waals surface area contributed by atoms with Crippen LogP contribution in [0, 0.1) is 0 Å². The van der Waals surface area contributed by atoms with Crippen molar-refractivity contribution in [2.75, 3.05) is 0 Å². The molecule has 1 aliphatic rings. The second kappa shape index (κ2) is 6.37. The summed E-state index contributed by atoms with van der Waals surface area (Å²) >= 11 is 0. The molecule has 0 fully saturated rings. The Hall–Kier alpha value is -2.81. The van der Waals surface area contributed by atoms with Gasteiger partial charge in [-0.25, -0.2) is 0 Å². The Morgan fingerprint density at radius 3 is 2.68 bits per heavy atom. The van der Waals surface area contributed by atoms with E-state index in [-0.39, 0.29) is 17.2 Å². The van der Waals surface area contributed by atoms with Crippen molar-refractivity contribution < 1.29 is 27.5 Å². The van der Waals surface area contributed by atoms with Crippen LogP contribution < -0.4 is 4.74 Å². The third kappa shape index (κ3) is 2.95. The standard InChI is InChI=1S/C19H18F3N3O3/c1-11-9-25-13(8-14(23-25)27-10-12-6-4-3-5-7-12)16-15(11)17(24-28-16)18(2,26)19(20,21)22/h3-8,11,26H,9-10H2,1-2H3/t11-,18+/m0/s1. The van der Waals surface area contributed by atoms with Crippen molar-refractivity contribution in [1.82, 2.24) is 14.9 Å². The summed E-state index contributed by atoms with van der Waals surface area (Å²) in [6, 6.07) is 11.1. The Bertz CT molecular complexity index is 993. The van der Waals surface area contributed by atoms with Gasteiger partial charge in [0.25, 0.3) is 0 Å². The SMILES string of the molecule is C[C@H]1Cn2nc(OCc3ccccc3)cc2-c2onc([C@@](C)(O)C(F)(F)F)c21. The quantitative estimate of drug-likeness (QED) is 0.725. The maximum Gasteiger partial charge on any atom is 0.422 e. The molecule has 28 heavy (non-hydrogen) atoms. The summed E-state index contributed by atoms with van der Waals surface area (Å²) in [6.45, 7) is 3.04. The van der Waals surface area contributed by atoms with E-state index in [1.54, 1.807) is 17.7 Å². The first-order chi connectivity index (χ1) is 13.2. The number of aliphatic hydroxyl groups is 1. The van der Waals surface area contributed by atoms with E-state index >= 15 is 0 Å². The van der Waals surface area contributed by atoms with Crippen molar-refractivity contribution in [3.63, 3.8) is 0 Å². The van der Waals surface area contributed by atoms with Crippen LogP contribution in [0.5, 0.6) is 5.88 Å². The van der Waals surface area contributed by atoms with Crippen molar-refractivity contribution in [3.8, 4) is 17.3 Å². The van der Waals surface area contributed by atoms with Crippen molar-refractivity contribution in [3.05, 3.63) is 53.2 Å². The molecule has 2 aromatic heterocycles. The van der Waals surface area contributed by atoms with Crippen molar-refractivity contribution in [2.45, 2.75) is 44.7 Å². The average molecular weight is 393 g/mol. The Labute approximate surface area is 158 Å². The minimum absolute atomic E-state index is 0.167. The minimum Gasteiger partial charge on any atom is -0.472 e. The largest absolute Gasteiger partial charge is 0.472 e. The van der Waals surface area contributed by atoms with Gasteiger partial charge in [-0.1, -0.05) is 42.4 Å². The Kier molecular flexibility index (Phi) is 4.22. The summed E-state index contributed by atoms with van der Waals surface area (Å²) in [5, 5.41) is 18.0. The Morgan fingerprint density at radius 1 is 1.29 bits per heavy atom. The second-order valence-corrected chi connectivity index (χ2v) is 7.07. The topological polar surface area (TPSA) is 73.3 Å². The van der Waals surface area contributed by atoms with E-state index in [0.717, 1.165) is 5.56 Å². The predicted molar refractivity (Wildman–Crippen MR) is 92.5 cm³/mol. The molecule has 0 unspecified atom stereocenters. The van der Waals surface area contributed by atoms with Crippen LogP contribution in [0.1, 0.15) is 36.6 Å². The molecular formula is C19H18F3N3O3. The molecule has 1 aliphatic heterocycles. The molecule has 0 spiro atoms. The summed E-state index contributed by atoms with van der Waals surface area (Å²) < 4.78 is 52.4.